The average molecular weight is 574 g/mol. The number of nitro groups is 1. The summed E-state index contributed by atoms with van der Waals surface area (Å²) in [5.41, 5.74) is -3.99. The number of nitrogens with zero attached hydrogens (tertiary/aromatic N) is 2. The van der Waals surface area contributed by atoms with Crippen LogP contribution in [0.1, 0.15) is 24.5 Å². The van der Waals surface area contributed by atoms with Crippen LogP contribution in [0.3, 0.4) is 0 Å². The fourth-order valence-corrected chi connectivity index (χ4v) is 3.75. The molecule has 7 nitrogen and oxygen atoms in total. The Morgan fingerprint density at radius 2 is 1.62 bits per heavy atom. The van der Waals surface area contributed by atoms with E-state index >= 15 is 0 Å². The van der Waals surface area contributed by atoms with Gasteiger partial charge in [0.25, 0.3) is 5.60 Å². The maximum absolute atomic E-state index is 12.9. The zero-order valence-corrected chi connectivity index (χ0v) is 20.9. The largest absolute Gasteiger partial charge is 0.456 e. The van der Waals surface area contributed by atoms with Gasteiger partial charge in [-0.2, -0.15) is 18.4 Å². The molecule has 1 unspecified atom stereocenters. The predicted molar refractivity (Wildman–Crippen MR) is 129 cm³/mol. The molecular formula is C24H14Cl3F3N2O5. The summed E-state index contributed by atoms with van der Waals surface area (Å²) in [6, 6.07) is 11.2. The van der Waals surface area contributed by atoms with Gasteiger partial charge < -0.3 is 9.47 Å². The first-order valence-corrected chi connectivity index (χ1v) is 11.4. The molecule has 1 atom stereocenters. The zero-order valence-electron chi connectivity index (χ0n) is 18.6. The van der Waals surface area contributed by atoms with Gasteiger partial charge in [0.05, 0.1) is 25.6 Å². The molecule has 0 aliphatic carbocycles. The molecule has 0 N–H and O–H groups in total. The Morgan fingerprint density at radius 3 is 2.16 bits per heavy atom. The predicted octanol–water partition coefficient (Wildman–Crippen LogP) is 8.14. The SMILES string of the molecule is CCC(=O)C(C#N)(Oc1cc(Oc2ccc(C(F)(F)F)cc2Cl)ccc1[N+](=O)[O-])c1ccc(Cl)c(Cl)c1. The molecule has 0 spiro atoms. The van der Waals surface area contributed by atoms with Gasteiger partial charge in [-0.25, -0.2) is 0 Å². The monoisotopic (exact) mass is 572 g/mol. The highest BCUT2D eigenvalue weighted by Crippen LogP contribution is 2.41. The van der Waals surface area contributed by atoms with E-state index in [9.17, 15) is 33.3 Å². The molecule has 0 bridgehead atoms. The number of carbonyl (C=O) groups excluding carboxylic acids is 1. The number of halogens is 6. The van der Waals surface area contributed by atoms with Crippen LogP contribution in [0, 0.1) is 21.4 Å². The van der Waals surface area contributed by atoms with E-state index in [0.29, 0.717) is 6.07 Å². The number of hydrogen-bond acceptors (Lipinski definition) is 6. The van der Waals surface area contributed by atoms with Crippen LogP contribution in [-0.4, -0.2) is 10.7 Å². The van der Waals surface area contributed by atoms with Crippen molar-refractivity contribution < 1.29 is 32.4 Å². The Bertz CT molecular complexity index is 1430. The second-order valence-corrected chi connectivity index (χ2v) is 8.65. The van der Waals surface area contributed by atoms with Crippen molar-refractivity contribution >= 4 is 46.3 Å². The first-order valence-electron chi connectivity index (χ1n) is 10.2. The lowest BCUT2D eigenvalue weighted by atomic mass is 9.89. The van der Waals surface area contributed by atoms with Crippen LogP contribution in [0.25, 0.3) is 0 Å². The maximum Gasteiger partial charge on any atom is 0.416 e. The normalized spacial score (nSPS) is 12.8. The third-order valence-electron chi connectivity index (χ3n) is 5.08. The molecule has 0 radical (unpaired) electrons. The summed E-state index contributed by atoms with van der Waals surface area (Å²) in [6.07, 6.45) is -4.81. The van der Waals surface area contributed by atoms with E-state index in [4.69, 9.17) is 44.3 Å². The molecule has 3 aromatic rings. The average Bonchev–Trinajstić information content (AvgIpc) is 2.84. The molecule has 0 saturated carbocycles. The van der Waals surface area contributed by atoms with Crippen molar-refractivity contribution in [3.63, 3.8) is 0 Å². The lowest BCUT2D eigenvalue weighted by Gasteiger charge is -2.27. The summed E-state index contributed by atoms with van der Waals surface area (Å²) in [4.78, 5) is 23.8. The van der Waals surface area contributed by atoms with Crippen molar-refractivity contribution in [2.24, 2.45) is 0 Å². The Labute approximate surface area is 223 Å². The highest BCUT2D eigenvalue weighted by Gasteiger charge is 2.44. The second-order valence-electron chi connectivity index (χ2n) is 7.43. The molecule has 37 heavy (non-hydrogen) atoms. The van der Waals surface area contributed by atoms with Crippen molar-refractivity contribution in [2.45, 2.75) is 25.1 Å². The third kappa shape index (κ3) is 5.91. The van der Waals surface area contributed by atoms with Gasteiger partial charge in [0.15, 0.2) is 5.78 Å². The van der Waals surface area contributed by atoms with Crippen molar-refractivity contribution in [3.8, 4) is 23.3 Å². The minimum absolute atomic E-state index is 0.00910. The molecule has 0 aliphatic rings. The maximum atomic E-state index is 12.9. The number of Topliss-reactive ketones (excluding diaryl/α,β-unsaturated/α-hetero) is 1. The standard InChI is InChI=1S/C24H14Cl3F3N2O5/c1-2-22(33)23(12-31,13-3-6-16(25)17(26)9-13)37-21-11-15(5-7-19(21)32(34)35)36-20-8-4-14(10-18(20)27)24(28,29)30/h3-11H,2H2,1H3. The number of carbonyl (C=O) groups is 1. The van der Waals surface area contributed by atoms with Crippen molar-refractivity contribution in [2.75, 3.05) is 0 Å². The number of rotatable bonds is 8. The number of alkyl halides is 3. The number of ether oxygens (including phenoxy) is 2. The second kappa shape index (κ2) is 10.8. The minimum atomic E-state index is -4.63. The van der Waals surface area contributed by atoms with Crippen LogP contribution in [0.4, 0.5) is 18.9 Å². The number of benzene rings is 3. The van der Waals surface area contributed by atoms with Gasteiger partial charge in [-0.1, -0.05) is 47.8 Å². The zero-order chi connectivity index (χ0) is 27.5. The van der Waals surface area contributed by atoms with E-state index in [1.807, 2.05) is 0 Å². The smallest absolute Gasteiger partial charge is 0.416 e. The molecule has 0 fully saturated rings. The summed E-state index contributed by atoms with van der Waals surface area (Å²) >= 11 is 17.9. The van der Waals surface area contributed by atoms with Gasteiger partial charge >= 0.3 is 11.9 Å². The van der Waals surface area contributed by atoms with E-state index in [1.54, 1.807) is 6.07 Å². The highest BCUT2D eigenvalue weighted by molar-refractivity contribution is 6.42. The van der Waals surface area contributed by atoms with Crippen molar-refractivity contribution in [3.05, 3.63) is 90.9 Å². The highest BCUT2D eigenvalue weighted by atomic mass is 35.5. The summed E-state index contributed by atoms with van der Waals surface area (Å²) in [5.74, 6) is -1.58. The molecule has 0 aliphatic heterocycles. The van der Waals surface area contributed by atoms with Gasteiger partial charge in [0, 0.05) is 24.1 Å². The fraction of sp³-hybridized carbons (Fsp3) is 0.167. The topological polar surface area (TPSA) is 102 Å². The third-order valence-corrected chi connectivity index (χ3v) is 6.11. The van der Waals surface area contributed by atoms with Crippen LogP contribution in [-0.2, 0) is 16.6 Å². The molecule has 3 aromatic carbocycles. The van der Waals surface area contributed by atoms with Crippen LogP contribution in [0.2, 0.25) is 15.1 Å². The summed E-state index contributed by atoms with van der Waals surface area (Å²) in [7, 11) is 0. The Hall–Kier alpha value is -3.52. The van der Waals surface area contributed by atoms with Crippen molar-refractivity contribution in [1.82, 2.24) is 0 Å². The lowest BCUT2D eigenvalue weighted by molar-refractivity contribution is -0.386. The Kier molecular flexibility index (Phi) is 8.22. The van der Waals surface area contributed by atoms with Gasteiger partial charge in [-0.3, -0.25) is 14.9 Å². The summed E-state index contributed by atoms with van der Waals surface area (Å²) in [6.45, 7) is 1.47. The van der Waals surface area contributed by atoms with E-state index < -0.39 is 39.5 Å². The first kappa shape index (κ1) is 28.1. The Morgan fingerprint density at radius 1 is 0.973 bits per heavy atom. The van der Waals surface area contributed by atoms with Crippen LogP contribution < -0.4 is 9.47 Å². The molecule has 0 heterocycles. The number of nitro benzene ring substituents is 1. The summed E-state index contributed by atoms with van der Waals surface area (Å²) in [5, 5.41) is 21.5. The van der Waals surface area contributed by atoms with Gasteiger partial charge in [-0.15, -0.1) is 0 Å². The van der Waals surface area contributed by atoms with Crippen LogP contribution >= 0.6 is 34.8 Å². The van der Waals surface area contributed by atoms with E-state index in [2.05, 4.69) is 0 Å². The fourth-order valence-electron chi connectivity index (χ4n) is 3.23. The molecular weight excluding hydrogens is 560 g/mol. The minimum Gasteiger partial charge on any atom is -0.456 e. The van der Waals surface area contributed by atoms with E-state index in [-0.39, 0.29) is 38.6 Å². The van der Waals surface area contributed by atoms with Gasteiger partial charge in [0.1, 0.15) is 17.6 Å². The number of ketones is 1. The molecule has 0 aromatic heterocycles. The van der Waals surface area contributed by atoms with E-state index in [1.165, 1.54) is 25.1 Å². The first-order chi connectivity index (χ1) is 17.3. The van der Waals surface area contributed by atoms with Crippen molar-refractivity contribution in [1.29, 1.82) is 5.26 Å². The quantitative estimate of drug-likeness (QED) is 0.199. The summed E-state index contributed by atoms with van der Waals surface area (Å²) < 4.78 is 50.0. The molecule has 13 heteroatoms. The molecule has 0 amide bonds. The number of nitriles is 1. The Balaban J connectivity index is 2.10. The van der Waals surface area contributed by atoms with Crippen LogP contribution in [0.5, 0.6) is 17.2 Å². The van der Waals surface area contributed by atoms with Crippen LogP contribution in [0.15, 0.2) is 54.6 Å². The molecule has 3 rings (SSSR count). The van der Waals surface area contributed by atoms with Gasteiger partial charge in [-0.05, 0) is 36.4 Å². The van der Waals surface area contributed by atoms with Gasteiger partial charge in [0.2, 0.25) is 5.75 Å². The molecule has 192 valence electrons. The lowest BCUT2D eigenvalue weighted by Crippen LogP contribution is -2.40. The molecule has 0 saturated heterocycles. The number of hydrogen-bond donors (Lipinski definition) is 0. The van der Waals surface area contributed by atoms with E-state index in [0.717, 1.165) is 30.3 Å².